The quantitative estimate of drug-likeness (QED) is 0.523. The van der Waals surface area contributed by atoms with Crippen molar-refractivity contribution in [1.82, 2.24) is 9.97 Å². The maximum Gasteiger partial charge on any atom is 0.0701 e. The summed E-state index contributed by atoms with van der Waals surface area (Å²) >= 11 is 0. The lowest BCUT2D eigenvalue weighted by molar-refractivity contribution is 1.40. The van der Waals surface area contributed by atoms with E-state index in [1.807, 2.05) is 60.9 Å². The maximum atomic E-state index is 4.18. The highest BCUT2D eigenvalue weighted by atomic mass is 14.7. The molecule has 2 heterocycles. The van der Waals surface area contributed by atoms with Crippen LogP contribution in [0.2, 0.25) is 0 Å². The lowest BCUT2D eigenvalue weighted by Gasteiger charge is -1.94. The third-order valence-corrected chi connectivity index (χ3v) is 3.19. The van der Waals surface area contributed by atoms with Crippen LogP contribution in [0, 0.1) is 0 Å². The van der Waals surface area contributed by atoms with Gasteiger partial charge in [-0.05, 0) is 29.8 Å². The first-order chi connectivity index (χ1) is 10.4. The smallest absolute Gasteiger partial charge is 0.0701 e. The summed E-state index contributed by atoms with van der Waals surface area (Å²) in [6.45, 7) is 0. The van der Waals surface area contributed by atoms with Crippen molar-refractivity contribution in [1.29, 1.82) is 0 Å². The number of hydrogen-bond donors (Lipinski definition) is 1. The Bertz CT molecular complexity index is 725. The number of H-pyrrole nitrogens is 1. The third kappa shape index (κ3) is 3.37. The fraction of sp³-hybridized carbons (Fsp3) is 0. The van der Waals surface area contributed by atoms with Gasteiger partial charge in [-0.25, -0.2) is 0 Å². The van der Waals surface area contributed by atoms with Crippen LogP contribution in [0.3, 0.4) is 0 Å². The molecule has 0 aliphatic carbocycles. The topological polar surface area (TPSA) is 28.7 Å². The Morgan fingerprint density at radius 2 is 1.43 bits per heavy atom. The van der Waals surface area contributed by atoms with Crippen molar-refractivity contribution in [3.8, 4) is 11.3 Å². The van der Waals surface area contributed by atoms with Gasteiger partial charge in [0.15, 0.2) is 0 Å². The molecule has 0 spiro atoms. The second-order valence-electron chi connectivity index (χ2n) is 4.65. The number of pyridine rings is 1. The zero-order valence-electron chi connectivity index (χ0n) is 11.6. The van der Waals surface area contributed by atoms with E-state index in [1.165, 1.54) is 16.6 Å². The van der Waals surface area contributed by atoms with E-state index in [0.717, 1.165) is 5.52 Å². The Balaban J connectivity index is 0.000000126. The first-order valence-electron chi connectivity index (χ1n) is 6.92. The van der Waals surface area contributed by atoms with Crippen LogP contribution in [-0.4, -0.2) is 9.97 Å². The number of aromatic amines is 1. The van der Waals surface area contributed by atoms with E-state index < -0.39 is 0 Å². The average Bonchev–Trinajstić information content (AvgIpc) is 3.11. The van der Waals surface area contributed by atoms with Crippen molar-refractivity contribution in [2.45, 2.75) is 0 Å². The number of nitrogens with one attached hydrogen (secondary N) is 1. The average molecular weight is 272 g/mol. The summed E-state index contributed by atoms with van der Waals surface area (Å²) in [4.78, 5) is 7.33. The van der Waals surface area contributed by atoms with Crippen molar-refractivity contribution >= 4 is 10.9 Å². The van der Waals surface area contributed by atoms with Crippen LogP contribution in [0.1, 0.15) is 0 Å². The largest absolute Gasteiger partial charge is 0.361 e. The zero-order chi connectivity index (χ0) is 14.3. The number of benzene rings is 2. The molecule has 0 aliphatic heterocycles. The van der Waals surface area contributed by atoms with Gasteiger partial charge in [-0.3, -0.25) is 4.98 Å². The molecule has 0 saturated carbocycles. The van der Waals surface area contributed by atoms with Crippen LogP contribution in [0.15, 0.2) is 91.3 Å². The Kier molecular flexibility index (Phi) is 4.08. The third-order valence-electron chi connectivity index (χ3n) is 3.19. The molecule has 102 valence electrons. The molecular weight excluding hydrogens is 256 g/mol. The molecule has 0 saturated heterocycles. The SMILES string of the molecule is c1ccc(-c2ccc[nH]2)cc1.c1ccc2ncccc2c1. The van der Waals surface area contributed by atoms with Gasteiger partial charge in [0, 0.05) is 23.5 Å². The Hall–Kier alpha value is -2.87. The molecule has 0 radical (unpaired) electrons. The molecule has 0 atom stereocenters. The fourth-order valence-corrected chi connectivity index (χ4v) is 2.14. The van der Waals surface area contributed by atoms with Gasteiger partial charge in [-0.15, -0.1) is 0 Å². The minimum absolute atomic E-state index is 1.06. The van der Waals surface area contributed by atoms with Crippen LogP contribution in [0.5, 0.6) is 0 Å². The Labute approximate surface area is 124 Å². The first-order valence-corrected chi connectivity index (χ1v) is 6.92. The van der Waals surface area contributed by atoms with Gasteiger partial charge in [0.1, 0.15) is 0 Å². The predicted octanol–water partition coefficient (Wildman–Crippen LogP) is 4.92. The van der Waals surface area contributed by atoms with Crippen molar-refractivity contribution < 1.29 is 0 Å². The lowest BCUT2D eigenvalue weighted by Crippen LogP contribution is -1.73. The highest BCUT2D eigenvalue weighted by Gasteiger charge is 1.93. The highest BCUT2D eigenvalue weighted by molar-refractivity contribution is 5.77. The van der Waals surface area contributed by atoms with E-state index in [-0.39, 0.29) is 0 Å². The summed E-state index contributed by atoms with van der Waals surface area (Å²) in [5, 5.41) is 1.20. The summed E-state index contributed by atoms with van der Waals surface area (Å²) in [7, 11) is 0. The summed E-state index contributed by atoms with van der Waals surface area (Å²) in [6, 6.07) is 26.4. The van der Waals surface area contributed by atoms with Crippen LogP contribution >= 0.6 is 0 Å². The van der Waals surface area contributed by atoms with Crippen LogP contribution in [-0.2, 0) is 0 Å². The maximum absolute atomic E-state index is 4.18. The van der Waals surface area contributed by atoms with E-state index >= 15 is 0 Å². The van der Waals surface area contributed by atoms with Crippen molar-refractivity contribution in [3.05, 3.63) is 91.3 Å². The zero-order valence-corrected chi connectivity index (χ0v) is 11.6. The number of fused-ring (bicyclic) bond motifs is 1. The Morgan fingerprint density at radius 1 is 0.667 bits per heavy atom. The standard InChI is InChI=1S/C10H9N.C9H7N/c1-2-5-9(6-3-1)10-7-4-8-11-10;1-2-6-9-8(4-1)5-3-7-10-9/h1-8,11H;1-7H. The molecule has 4 aromatic rings. The molecule has 4 rings (SSSR count). The molecule has 0 aliphatic rings. The van der Waals surface area contributed by atoms with Crippen molar-refractivity contribution in [3.63, 3.8) is 0 Å². The summed E-state index contributed by atoms with van der Waals surface area (Å²) in [5.41, 5.74) is 3.47. The molecule has 2 aromatic heterocycles. The number of aromatic nitrogens is 2. The van der Waals surface area contributed by atoms with Crippen molar-refractivity contribution in [2.75, 3.05) is 0 Å². The molecule has 1 N–H and O–H groups in total. The minimum Gasteiger partial charge on any atom is -0.361 e. The van der Waals surface area contributed by atoms with Gasteiger partial charge in [0.05, 0.1) is 5.52 Å². The van der Waals surface area contributed by atoms with Crippen molar-refractivity contribution in [2.24, 2.45) is 0 Å². The summed E-state index contributed by atoms with van der Waals surface area (Å²) in [6.07, 6.45) is 3.74. The molecule has 2 heteroatoms. The number of para-hydroxylation sites is 1. The van der Waals surface area contributed by atoms with E-state index in [9.17, 15) is 0 Å². The molecule has 2 nitrogen and oxygen atoms in total. The summed E-state index contributed by atoms with van der Waals surface area (Å²) < 4.78 is 0. The summed E-state index contributed by atoms with van der Waals surface area (Å²) in [5.74, 6) is 0. The molecule has 21 heavy (non-hydrogen) atoms. The van der Waals surface area contributed by atoms with Gasteiger partial charge in [-0.1, -0.05) is 54.6 Å². The van der Waals surface area contributed by atoms with Gasteiger partial charge in [-0.2, -0.15) is 0 Å². The van der Waals surface area contributed by atoms with Crippen LogP contribution in [0.25, 0.3) is 22.2 Å². The van der Waals surface area contributed by atoms with Crippen LogP contribution < -0.4 is 0 Å². The lowest BCUT2D eigenvalue weighted by atomic mass is 10.2. The van der Waals surface area contributed by atoms with E-state index in [1.54, 1.807) is 0 Å². The van der Waals surface area contributed by atoms with Gasteiger partial charge >= 0.3 is 0 Å². The highest BCUT2D eigenvalue weighted by Crippen LogP contribution is 2.14. The second-order valence-corrected chi connectivity index (χ2v) is 4.65. The van der Waals surface area contributed by atoms with Gasteiger partial charge in [0.2, 0.25) is 0 Å². The molecule has 2 aromatic carbocycles. The van der Waals surface area contributed by atoms with Crippen LogP contribution in [0.4, 0.5) is 0 Å². The molecule has 0 unspecified atom stereocenters. The minimum atomic E-state index is 1.06. The van der Waals surface area contributed by atoms with E-state index in [0.29, 0.717) is 0 Å². The van der Waals surface area contributed by atoms with E-state index in [4.69, 9.17) is 0 Å². The first kappa shape index (κ1) is 13.1. The number of nitrogens with zero attached hydrogens (tertiary/aromatic N) is 1. The molecular formula is C19H16N2. The monoisotopic (exact) mass is 272 g/mol. The fourth-order valence-electron chi connectivity index (χ4n) is 2.14. The van der Waals surface area contributed by atoms with Gasteiger partial charge < -0.3 is 4.98 Å². The Morgan fingerprint density at radius 3 is 2.19 bits per heavy atom. The normalized spacial score (nSPS) is 9.90. The molecule has 0 amide bonds. The second kappa shape index (κ2) is 6.53. The number of rotatable bonds is 1. The molecule has 0 bridgehead atoms. The van der Waals surface area contributed by atoms with Gasteiger partial charge in [0.25, 0.3) is 0 Å². The number of hydrogen-bond acceptors (Lipinski definition) is 1. The van der Waals surface area contributed by atoms with E-state index in [2.05, 4.69) is 40.3 Å². The predicted molar refractivity (Wildman–Crippen MR) is 88.0 cm³/mol. The molecule has 0 fully saturated rings.